The molecule has 8 heteroatoms. The lowest BCUT2D eigenvalue weighted by Crippen LogP contribution is -2.27. The van der Waals surface area contributed by atoms with Crippen LogP contribution in [0.3, 0.4) is 0 Å². The van der Waals surface area contributed by atoms with Crippen LogP contribution in [-0.4, -0.2) is 22.7 Å². The number of nitriles is 1. The third kappa shape index (κ3) is 5.76. The highest BCUT2D eigenvalue weighted by Crippen LogP contribution is 2.36. The Bertz CT molecular complexity index is 1350. The lowest BCUT2D eigenvalue weighted by atomic mass is 10.1. The van der Waals surface area contributed by atoms with Gasteiger partial charge in [0.2, 0.25) is 0 Å². The Morgan fingerprint density at radius 3 is 2.49 bits per heavy atom. The first-order valence-corrected chi connectivity index (χ1v) is 12.5. The van der Waals surface area contributed by atoms with Crippen LogP contribution in [0.5, 0.6) is 11.5 Å². The highest BCUT2D eigenvalue weighted by Gasteiger charge is 2.35. The van der Waals surface area contributed by atoms with Gasteiger partial charge in [0, 0.05) is 10.0 Å². The third-order valence-electron chi connectivity index (χ3n) is 5.25. The number of hydrogen-bond donors (Lipinski definition) is 0. The van der Waals surface area contributed by atoms with E-state index in [0.29, 0.717) is 34.1 Å². The van der Waals surface area contributed by atoms with Gasteiger partial charge in [-0.3, -0.25) is 14.5 Å². The monoisotopic (exact) mass is 548 g/mol. The number of ether oxygens (including phenoxy) is 2. The first-order chi connectivity index (χ1) is 17.0. The van der Waals surface area contributed by atoms with Gasteiger partial charge in [0.1, 0.15) is 6.61 Å². The summed E-state index contributed by atoms with van der Waals surface area (Å²) in [7, 11) is 0. The van der Waals surface area contributed by atoms with Crippen LogP contribution in [0.15, 0.2) is 76.1 Å². The Hall–Kier alpha value is -3.54. The van der Waals surface area contributed by atoms with E-state index in [4.69, 9.17) is 9.47 Å². The van der Waals surface area contributed by atoms with E-state index in [2.05, 4.69) is 22.0 Å². The summed E-state index contributed by atoms with van der Waals surface area (Å²) in [6.45, 7) is 2.72. The number of halogens is 1. The molecule has 1 saturated heterocycles. The molecule has 3 aromatic rings. The number of carbonyl (C=O) groups excluding carboxylic acids is 2. The molecule has 0 atom stereocenters. The second-order valence-electron chi connectivity index (χ2n) is 7.56. The van der Waals surface area contributed by atoms with Gasteiger partial charge in [-0.05, 0) is 60.2 Å². The van der Waals surface area contributed by atoms with Crippen molar-refractivity contribution in [3.05, 3.63) is 98.4 Å². The Kier molecular flexibility index (Phi) is 7.91. The maximum Gasteiger partial charge on any atom is 0.293 e. The smallest absolute Gasteiger partial charge is 0.293 e. The van der Waals surface area contributed by atoms with Crippen LogP contribution in [0.4, 0.5) is 4.79 Å². The van der Waals surface area contributed by atoms with Gasteiger partial charge in [-0.1, -0.05) is 58.4 Å². The minimum absolute atomic E-state index is 0.199. The molecule has 176 valence electrons. The number of amides is 2. The summed E-state index contributed by atoms with van der Waals surface area (Å²) in [4.78, 5) is 27.1. The average Bonchev–Trinajstić information content (AvgIpc) is 3.12. The van der Waals surface area contributed by atoms with E-state index < -0.39 is 0 Å². The highest BCUT2D eigenvalue weighted by molar-refractivity contribution is 9.10. The number of hydrogen-bond acceptors (Lipinski definition) is 6. The zero-order valence-corrected chi connectivity index (χ0v) is 21.3. The summed E-state index contributed by atoms with van der Waals surface area (Å²) in [5.74, 6) is 0.712. The Morgan fingerprint density at radius 2 is 1.74 bits per heavy atom. The van der Waals surface area contributed by atoms with Crippen molar-refractivity contribution in [1.29, 1.82) is 5.26 Å². The van der Waals surface area contributed by atoms with Gasteiger partial charge in [-0.15, -0.1) is 0 Å². The molecular weight excluding hydrogens is 528 g/mol. The van der Waals surface area contributed by atoms with Crippen LogP contribution in [-0.2, 0) is 17.9 Å². The minimum Gasteiger partial charge on any atom is -0.490 e. The molecule has 0 radical (unpaired) electrons. The Morgan fingerprint density at radius 1 is 1.00 bits per heavy atom. The molecule has 0 unspecified atom stereocenters. The predicted octanol–water partition coefficient (Wildman–Crippen LogP) is 6.53. The third-order valence-corrected chi connectivity index (χ3v) is 6.93. The molecule has 1 aliphatic heterocycles. The number of nitrogens with zero attached hydrogens (tertiary/aromatic N) is 2. The topological polar surface area (TPSA) is 79.6 Å². The van der Waals surface area contributed by atoms with Gasteiger partial charge in [-0.2, -0.15) is 5.26 Å². The fraction of sp³-hybridized carbons (Fsp3) is 0.148. The average molecular weight is 549 g/mol. The van der Waals surface area contributed by atoms with Gasteiger partial charge < -0.3 is 9.47 Å². The molecule has 1 fully saturated rings. The zero-order valence-electron chi connectivity index (χ0n) is 18.9. The van der Waals surface area contributed by atoms with Gasteiger partial charge in [-0.25, -0.2) is 0 Å². The van der Waals surface area contributed by atoms with Gasteiger partial charge in [0.15, 0.2) is 11.5 Å². The zero-order chi connectivity index (χ0) is 24.8. The molecule has 0 spiro atoms. The van der Waals surface area contributed by atoms with Crippen LogP contribution in [0.2, 0.25) is 0 Å². The van der Waals surface area contributed by atoms with Crippen molar-refractivity contribution in [3.63, 3.8) is 0 Å². The molecule has 6 nitrogen and oxygen atoms in total. The molecule has 4 rings (SSSR count). The second kappa shape index (κ2) is 11.3. The molecule has 0 aromatic heterocycles. The van der Waals surface area contributed by atoms with Crippen LogP contribution in [0.25, 0.3) is 6.08 Å². The van der Waals surface area contributed by atoms with E-state index in [-0.39, 0.29) is 24.3 Å². The first kappa shape index (κ1) is 24.6. The van der Waals surface area contributed by atoms with E-state index in [1.54, 1.807) is 30.3 Å². The SMILES string of the molecule is CCOc1cc(/C=C2\SC(=O)N(Cc3ccccc3Br)C2=O)ccc1OCc1ccccc1C#N. The number of rotatable bonds is 8. The van der Waals surface area contributed by atoms with E-state index in [0.717, 1.165) is 27.4 Å². The Balaban J connectivity index is 1.53. The molecule has 3 aromatic carbocycles. The molecule has 0 N–H and O–H groups in total. The van der Waals surface area contributed by atoms with E-state index in [1.807, 2.05) is 49.4 Å². The molecule has 0 bridgehead atoms. The molecule has 35 heavy (non-hydrogen) atoms. The maximum atomic E-state index is 13.0. The number of thioether (sulfide) groups is 1. The summed E-state index contributed by atoms with van der Waals surface area (Å²) >= 11 is 4.38. The van der Waals surface area contributed by atoms with Gasteiger partial charge >= 0.3 is 0 Å². The molecular formula is C27H21BrN2O4S. The van der Waals surface area contributed by atoms with E-state index >= 15 is 0 Å². The fourth-order valence-electron chi connectivity index (χ4n) is 3.50. The lowest BCUT2D eigenvalue weighted by molar-refractivity contribution is -0.123. The van der Waals surface area contributed by atoms with Crippen molar-refractivity contribution < 1.29 is 19.1 Å². The summed E-state index contributed by atoms with van der Waals surface area (Å²) in [6.07, 6.45) is 1.68. The van der Waals surface area contributed by atoms with Crippen molar-refractivity contribution in [2.75, 3.05) is 6.61 Å². The summed E-state index contributed by atoms with van der Waals surface area (Å²) in [6, 6.07) is 22.3. The van der Waals surface area contributed by atoms with Gasteiger partial charge in [0.25, 0.3) is 11.1 Å². The van der Waals surface area contributed by atoms with Crippen LogP contribution in [0, 0.1) is 11.3 Å². The highest BCUT2D eigenvalue weighted by atomic mass is 79.9. The predicted molar refractivity (Wildman–Crippen MR) is 139 cm³/mol. The Labute approximate surface area is 216 Å². The lowest BCUT2D eigenvalue weighted by Gasteiger charge is -2.14. The number of carbonyl (C=O) groups is 2. The summed E-state index contributed by atoms with van der Waals surface area (Å²) in [5, 5.41) is 8.98. The largest absolute Gasteiger partial charge is 0.490 e. The van der Waals surface area contributed by atoms with Crippen molar-refractivity contribution in [3.8, 4) is 17.6 Å². The summed E-state index contributed by atoms with van der Waals surface area (Å²) < 4.78 is 12.5. The van der Waals surface area contributed by atoms with Gasteiger partial charge in [0.05, 0.1) is 29.7 Å². The van der Waals surface area contributed by atoms with E-state index in [1.165, 1.54) is 4.90 Å². The number of imide groups is 1. The molecule has 0 aliphatic carbocycles. The maximum absolute atomic E-state index is 13.0. The van der Waals surface area contributed by atoms with Crippen LogP contribution in [0.1, 0.15) is 29.2 Å². The first-order valence-electron chi connectivity index (χ1n) is 10.9. The van der Waals surface area contributed by atoms with Crippen molar-refractivity contribution in [2.45, 2.75) is 20.1 Å². The summed E-state index contributed by atoms with van der Waals surface area (Å²) in [5.41, 5.74) is 2.90. The fourth-order valence-corrected chi connectivity index (χ4v) is 4.75. The van der Waals surface area contributed by atoms with Crippen molar-refractivity contribution in [2.24, 2.45) is 0 Å². The standard InChI is InChI=1S/C27H21BrN2O4S/c1-2-33-24-13-18(11-12-23(24)34-17-21-9-4-3-7-19(21)15-29)14-25-26(31)30(27(32)35-25)16-20-8-5-6-10-22(20)28/h3-14H,2,16-17H2,1H3/b25-14-. The second-order valence-corrected chi connectivity index (χ2v) is 9.40. The quantitative estimate of drug-likeness (QED) is 0.297. The van der Waals surface area contributed by atoms with Crippen molar-refractivity contribution in [1.82, 2.24) is 4.90 Å². The van der Waals surface area contributed by atoms with Crippen LogP contribution < -0.4 is 9.47 Å². The van der Waals surface area contributed by atoms with Crippen LogP contribution >= 0.6 is 27.7 Å². The van der Waals surface area contributed by atoms with E-state index in [9.17, 15) is 14.9 Å². The van der Waals surface area contributed by atoms with Crippen molar-refractivity contribution >= 4 is 44.9 Å². The molecule has 2 amide bonds. The molecule has 1 aliphatic rings. The molecule has 1 heterocycles. The minimum atomic E-state index is -0.331. The number of benzene rings is 3. The normalized spacial score (nSPS) is 14.3. The molecule has 0 saturated carbocycles.